The van der Waals surface area contributed by atoms with Crippen molar-refractivity contribution >= 4 is 38.3 Å². The minimum atomic E-state index is -0.375. The van der Waals surface area contributed by atoms with Crippen LogP contribution in [-0.2, 0) is 11.8 Å². The van der Waals surface area contributed by atoms with Crippen LogP contribution in [0.2, 0.25) is 0 Å². The molecule has 0 fully saturated rings. The van der Waals surface area contributed by atoms with Crippen LogP contribution in [-0.4, -0.2) is 4.57 Å². The van der Waals surface area contributed by atoms with E-state index in [0.717, 1.165) is 23.4 Å². The highest BCUT2D eigenvalue weighted by molar-refractivity contribution is 6.11. The predicted octanol–water partition coefficient (Wildman–Crippen LogP) is 11.1. The van der Waals surface area contributed by atoms with Crippen molar-refractivity contribution in [2.75, 3.05) is 0 Å². The molecule has 8 aromatic rings. The Kier molecular flexibility index (Phi) is 7.19. The van der Waals surface area contributed by atoms with Crippen molar-refractivity contribution in [2.45, 2.75) is 31.8 Å². The van der Waals surface area contributed by atoms with Crippen LogP contribution in [0.15, 0.2) is 164 Å². The summed E-state index contributed by atoms with van der Waals surface area (Å²) in [7, 11) is 0. The Bertz CT molecular complexity index is 2570. The quantitative estimate of drug-likeness (QED) is 0.169. The van der Waals surface area contributed by atoms with Gasteiger partial charge in [0.25, 0.3) is 0 Å². The Hall–Kier alpha value is -5.90. The van der Waals surface area contributed by atoms with Crippen LogP contribution in [0.5, 0.6) is 0 Å². The highest BCUT2D eigenvalue weighted by atomic mass is 15.0. The fourth-order valence-electron chi connectivity index (χ4n) is 8.19. The maximum atomic E-state index is 6.95. The molecule has 0 radical (unpaired) electrons. The molecule has 1 aliphatic carbocycles. The lowest BCUT2D eigenvalue weighted by Crippen LogP contribution is -2.28. The number of hydrogen-bond donors (Lipinski definition) is 2. The molecule has 0 spiro atoms. The van der Waals surface area contributed by atoms with Gasteiger partial charge in [-0.1, -0.05) is 141 Å². The minimum absolute atomic E-state index is 0.137. The van der Waals surface area contributed by atoms with Gasteiger partial charge in [-0.2, -0.15) is 0 Å². The molecule has 50 heavy (non-hydrogen) atoms. The van der Waals surface area contributed by atoms with Gasteiger partial charge in [0.2, 0.25) is 0 Å². The third-order valence-electron chi connectivity index (χ3n) is 10.7. The molecule has 0 saturated carbocycles. The molecule has 242 valence electrons. The molecule has 9 rings (SSSR count). The zero-order chi connectivity index (χ0) is 33.8. The maximum Gasteiger partial charge on any atom is 0.101 e. The first-order valence-electron chi connectivity index (χ1n) is 17.5. The summed E-state index contributed by atoms with van der Waals surface area (Å²) >= 11 is 0. The number of fused-ring (bicyclic) bond motifs is 7. The van der Waals surface area contributed by atoms with E-state index >= 15 is 0 Å². The van der Waals surface area contributed by atoms with E-state index in [1.807, 2.05) is 18.2 Å². The average Bonchev–Trinajstić information content (AvgIpc) is 3.62. The molecule has 1 aromatic heterocycles. The van der Waals surface area contributed by atoms with Gasteiger partial charge in [0, 0.05) is 33.1 Å². The number of para-hydroxylation sites is 2. The van der Waals surface area contributed by atoms with Gasteiger partial charge in [0.1, 0.15) is 6.17 Å². The fraction of sp³-hybridized carbons (Fsp3) is 0.106. The van der Waals surface area contributed by atoms with Crippen LogP contribution < -0.4 is 11.1 Å². The van der Waals surface area contributed by atoms with E-state index < -0.39 is 0 Å². The summed E-state index contributed by atoms with van der Waals surface area (Å²) in [5, 5.41) is 8.87. The first kappa shape index (κ1) is 30.2. The largest absolute Gasteiger partial charge is 0.366 e. The standard InChI is InChI=1S/C47H39N3/c1-47(2)39-24-14-23-36(45(39)38-29-33-17-9-10-18-34(33)30-40(38)47)41(49-46(48)32-15-5-3-6-16-32)28-27-31-19-13-26-43-44(31)37-22-11-12-25-42(37)50(43)35-20-7-4-8-21-35/h3-26,28-30,46,49H,27,48H2,1-2H3/b41-28-. The number of nitrogens with zero attached hydrogens (tertiary/aromatic N) is 1. The number of allylic oxidation sites excluding steroid dienone is 1. The highest BCUT2D eigenvalue weighted by Crippen LogP contribution is 2.52. The van der Waals surface area contributed by atoms with E-state index in [1.54, 1.807) is 0 Å². The first-order chi connectivity index (χ1) is 24.5. The SMILES string of the molecule is CC1(C)c2cc3ccccc3cc2-c2c(/C(=C/Cc3cccc4c3c3ccccc3n4-c3ccccc3)NC(N)c3ccccc3)cccc21. The van der Waals surface area contributed by atoms with Crippen molar-refractivity contribution in [1.29, 1.82) is 0 Å². The van der Waals surface area contributed by atoms with Crippen LogP contribution >= 0.6 is 0 Å². The lowest BCUT2D eigenvalue weighted by Gasteiger charge is -2.23. The molecule has 3 heteroatoms. The van der Waals surface area contributed by atoms with Crippen LogP contribution in [0.25, 0.3) is 55.1 Å². The maximum absolute atomic E-state index is 6.95. The molecule has 0 aliphatic heterocycles. The zero-order valence-corrected chi connectivity index (χ0v) is 28.4. The predicted molar refractivity (Wildman–Crippen MR) is 210 cm³/mol. The Labute approximate surface area is 293 Å². The number of benzene rings is 7. The molecule has 1 unspecified atom stereocenters. The van der Waals surface area contributed by atoms with Crippen LogP contribution in [0.1, 0.15) is 47.8 Å². The summed E-state index contributed by atoms with van der Waals surface area (Å²) in [6.45, 7) is 4.71. The zero-order valence-electron chi connectivity index (χ0n) is 28.4. The van der Waals surface area contributed by atoms with E-state index in [2.05, 4.69) is 169 Å². The Morgan fingerprint density at radius 2 is 1.34 bits per heavy atom. The van der Waals surface area contributed by atoms with Gasteiger partial charge in [-0.05, 0) is 87.0 Å². The fourth-order valence-corrected chi connectivity index (χ4v) is 8.19. The van der Waals surface area contributed by atoms with Crippen LogP contribution in [0.3, 0.4) is 0 Å². The van der Waals surface area contributed by atoms with E-state index in [4.69, 9.17) is 5.73 Å². The third-order valence-corrected chi connectivity index (χ3v) is 10.7. The van der Waals surface area contributed by atoms with Gasteiger partial charge in [-0.15, -0.1) is 0 Å². The van der Waals surface area contributed by atoms with Crippen molar-refractivity contribution in [1.82, 2.24) is 9.88 Å². The van der Waals surface area contributed by atoms with Crippen molar-refractivity contribution in [3.8, 4) is 16.8 Å². The third kappa shape index (κ3) is 4.85. The van der Waals surface area contributed by atoms with Gasteiger partial charge in [-0.25, -0.2) is 0 Å². The number of nitrogens with one attached hydrogen (secondary N) is 1. The Balaban J connectivity index is 1.23. The molecule has 3 N–H and O–H groups in total. The first-order valence-corrected chi connectivity index (χ1v) is 17.5. The van der Waals surface area contributed by atoms with Crippen molar-refractivity contribution in [3.63, 3.8) is 0 Å². The van der Waals surface area contributed by atoms with E-state index in [-0.39, 0.29) is 11.6 Å². The summed E-state index contributed by atoms with van der Waals surface area (Å²) in [5.41, 5.74) is 20.2. The summed E-state index contributed by atoms with van der Waals surface area (Å²) in [5.74, 6) is 0. The van der Waals surface area contributed by atoms with Crippen molar-refractivity contribution in [2.24, 2.45) is 5.73 Å². The molecule has 0 bridgehead atoms. The lowest BCUT2D eigenvalue weighted by atomic mass is 9.81. The summed E-state index contributed by atoms with van der Waals surface area (Å²) < 4.78 is 2.38. The van der Waals surface area contributed by atoms with E-state index in [9.17, 15) is 0 Å². The smallest absolute Gasteiger partial charge is 0.101 e. The number of nitrogens with two attached hydrogens (primary N) is 1. The lowest BCUT2D eigenvalue weighted by molar-refractivity contribution is 0.659. The molecule has 0 saturated heterocycles. The number of aromatic nitrogens is 1. The molecular formula is C47H39N3. The molecule has 0 amide bonds. The second kappa shape index (κ2) is 11.9. The molecule has 1 aliphatic rings. The van der Waals surface area contributed by atoms with Gasteiger partial charge in [0.05, 0.1) is 11.0 Å². The second-order valence-electron chi connectivity index (χ2n) is 14.0. The Morgan fingerprint density at radius 3 is 2.14 bits per heavy atom. The monoisotopic (exact) mass is 645 g/mol. The van der Waals surface area contributed by atoms with E-state index in [0.29, 0.717) is 0 Å². The van der Waals surface area contributed by atoms with E-state index in [1.165, 1.54) is 66.0 Å². The van der Waals surface area contributed by atoms with Gasteiger partial charge in [0.15, 0.2) is 0 Å². The second-order valence-corrected chi connectivity index (χ2v) is 14.0. The Morgan fingerprint density at radius 1 is 0.680 bits per heavy atom. The van der Waals surface area contributed by atoms with Gasteiger partial charge in [-0.3, -0.25) is 0 Å². The summed E-state index contributed by atoms with van der Waals surface area (Å²) in [6, 6.07) is 56.7. The molecule has 1 heterocycles. The summed E-state index contributed by atoms with van der Waals surface area (Å²) in [4.78, 5) is 0. The number of rotatable bonds is 7. The molecule has 7 aromatic carbocycles. The van der Waals surface area contributed by atoms with Crippen LogP contribution in [0.4, 0.5) is 0 Å². The van der Waals surface area contributed by atoms with Crippen molar-refractivity contribution < 1.29 is 0 Å². The minimum Gasteiger partial charge on any atom is -0.366 e. The normalized spacial score (nSPS) is 14.2. The van der Waals surface area contributed by atoms with Gasteiger partial charge < -0.3 is 15.6 Å². The van der Waals surface area contributed by atoms with Crippen molar-refractivity contribution in [3.05, 3.63) is 192 Å². The molecular weight excluding hydrogens is 607 g/mol. The highest BCUT2D eigenvalue weighted by Gasteiger charge is 2.37. The summed E-state index contributed by atoms with van der Waals surface area (Å²) in [6.07, 6.45) is 2.72. The average molecular weight is 646 g/mol. The molecule has 3 nitrogen and oxygen atoms in total. The number of hydrogen-bond acceptors (Lipinski definition) is 2. The van der Waals surface area contributed by atoms with Gasteiger partial charge >= 0.3 is 0 Å². The van der Waals surface area contributed by atoms with Crippen LogP contribution in [0, 0.1) is 0 Å². The molecule has 1 atom stereocenters. The topological polar surface area (TPSA) is 43.0 Å².